The monoisotopic (exact) mass is 461 g/mol. The molecule has 29 heavy (non-hydrogen) atoms. The standard InChI is InChI=1S/C21H24BrN3O4/c1-21(2,3)29-20(28)24-13-18(26)25-17-6-4-5-14(11-17)12-23-19(27)15-7-9-16(22)10-8-15/h4-11H,12-13H2,1-3H3,(H,23,27)(H,24,28)(H,25,26). The summed E-state index contributed by atoms with van der Waals surface area (Å²) >= 11 is 3.33. The molecule has 0 saturated carbocycles. The summed E-state index contributed by atoms with van der Waals surface area (Å²) in [5.74, 6) is -0.569. The van der Waals surface area contributed by atoms with Crippen LogP contribution in [0.5, 0.6) is 0 Å². The van der Waals surface area contributed by atoms with E-state index in [1.807, 2.05) is 6.07 Å². The van der Waals surface area contributed by atoms with Crippen molar-refractivity contribution in [2.75, 3.05) is 11.9 Å². The first-order chi connectivity index (χ1) is 13.6. The van der Waals surface area contributed by atoms with Crippen molar-refractivity contribution in [3.05, 3.63) is 64.1 Å². The van der Waals surface area contributed by atoms with E-state index >= 15 is 0 Å². The predicted molar refractivity (Wildman–Crippen MR) is 115 cm³/mol. The zero-order valence-corrected chi connectivity index (χ0v) is 18.1. The summed E-state index contributed by atoms with van der Waals surface area (Å²) < 4.78 is 5.98. The SMILES string of the molecule is CC(C)(C)OC(=O)NCC(=O)Nc1cccc(CNC(=O)c2ccc(Br)cc2)c1. The van der Waals surface area contributed by atoms with Crippen molar-refractivity contribution < 1.29 is 19.1 Å². The van der Waals surface area contributed by atoms with Crippen LogP contribution < -0.4 is 16.0 Å². The maximum atomic E-state index is 12.2. The Labute approximate surface area is 178 Å². The fraction of sp³-hybridized carbons (Fsp3) is 0.286. The second-order valence-corrected chi connectivity index (χ2v) is 8.21. The van der Waals surface area contributed by atoms with Crippen LogP contribution in [0.1, 0.15) is 36.7 Å². The second kappa shape index (κ2) is 10.1. The topological polar surface area (TPSA) is 96.5 Å². The number of halogens is 1. The van der Waals surface area contributed by atoms with Gasteiger partial charge >= 0.3 is 6.09 Å². The fourth-order valence-corrected chi connectivity index (χ4v) is 2.58. The third kappa shape index (κ3) is 8.35. The molecule has 0 saturated heterocycles. The summed E-state index contributed by atoms with van der Waals surface area (Å²) in [6.45, 7) is 5.34. The summed E-state index contributed by atoms with van der Waals surface area (Å²) in [4.78, 5) is 35.8. The number of hydrogen-bond acceptors (Lipinski definition) is 4. The molecule has 0 bridgehead atoms. The minimum absolute atomic E-state index is 0.187. The first-order valence-electron chi connectivity index (χ1n) is 9.02. The lowest BCUT2D eigenvalue weighted by molar-refractivity contribution is -0.115. The van der Waals surface area contributed by atoms with Crippen molar-refractivity contribution in [2.24, 2.45) is 0 Å². The quantitative estimate of drug-likeness (QED) is 0.608. The summed E-state index contributed by atoms with van der Waals surface area (Å²) in [6, 6.07) is 14.2. The Bertz CT molecular complexity index is 876. The van der Waals surface area contributed by atoms with Crippen molar-refractivity contribution in [3.63, 3.8) is 0 Å². The number of carbonyl (C=O) groups excluding carboxylic acids is 3. The minimum atomic E-state index is -0.656. The van der Waals surface area contributed by atoms with E-state index in [4.69, 9.17) is 4.74 Å². The van der Waals surface area contributed by atoms with Gasteiger partial charge in [0.1, 0.15) is 12.1 Å². The smallest absolute Gasteiger partial charge is 0.408 e. The van der Waals surface area contributed by atoms with E-state index in [1.54, 1.807) is 63.2 Å². The molecule has 154 valence electrons. The molecule has 0 aliphatic rings. The van der Waals surface area contributed by atoms with Gasteiger partial charge in [0, 0.05) is 22.3 Å². The van der Waals surface area contributed by atoms with Crippen LogP contribution in [-0.2, 0) is 16.1 Å². The molecule has 0 fully saturated rings. The number of hydrogen-bond donors (Lipinski definition) is 3. The third-order valence-corrected chi connectivity index (χ3v) is 4.09. The van der Waals surface area contributed by atoms with E-state index in [1.165, 1.54) is 0 Å². The van der Waals surface area contributed by atoms with Crippen LogP contribution in [0, 0.1) is 0 Å². The van der Waals surface area contributed by atoms with Crippen LogP contribution >= 0.6 is 15.9 Å². The van der Waals surface area contributed by atoms with Gasteiger partial charge in [0.05, 0.1) is 0 Å². The van der Waals surface area contributed by atoms with Gasteiger partial charge in [-0.25, -0.2) is 4.79 Å². The van der Waals surface area contributed by atoms with Gasteiger partial charge < -0.3 is 20.7 Å². The van der Waals surface area contributed by atoms with E-state index in [2.05, 4.69) is 31.9 Å². The molecule has 7 nitrogen and oxygen atoms in total. The maximum absolute atomic E-state index is 12.2. The van der Waals surface area contributed by atoms with Crippen LogP contribution in [0.2, 0.25) is 0 Å². The molecule has 0 aromatic heterocycles. The second-order valence-electron chi connectivity index (χ2n) is 7.29. The molecule has 0 spiro atoms. The molecule has 0 unspecified atom stereocenters. The van der Waals surface area contributed by atoms with Gasteiger partial charge in [0.15, 0.2) is 0 Å². The highest BCUT2D eigenvalue weighted by molar-refractivity contribution is 9.10. The number of amides is 3. The highest BCUT2D eigenvalue weighted by Crippen LogP contribution is 2.12. The van der Waals surface area contributed by atoms with Crippen molar-refractivity contribution in [2.45, 2.75) is 32.9 Å². The largest absolute Gasteiger partial charge is 0.444 e. The average molecular weight is 462 g/mol. The number of anilines is 1. The fourth-order valence-electron chi connectivity index (χ4n) is 2.32. The van der Waals surface area contributed by atoms with E-state index in [0.29, 0.717) is 17.8 Å². The molecule has 8 heteroatoms. The molecule has 0 aliphatic carbocycles. The minimum Gasteiger partial charge on any atom is -0.444 e. The maximum Gasteiger partial charge on any atom is 0.408 e. The summed E-state index contributed by atoms with van der Waals surface area (Å²) in [6.07, 6.45) is -0.656. The average Bonchev–Trinajstić information content (AvgIpc) is 2.64. The molecule has 0 atom stereocenters. The zero-order valence-electron chi connectivity index (χ0n) is 16.5. The zero-order chi connectivity index (χ0) is 21.4. The molecule has 0 radical (unpaired) electrons. The summed E-state index contributed by atoms with van der Waals surface area (Å²) in [5, 5.41) is 7.94. The molecular formula is C21H24BrN3O4. The molecule has 3 amide bonds. The first kappa shape index (κ1) is 22.4. The Kier molecular flexibility index (Phi) is 7.78. The molecule has 0 heterocycles. The molecule has 3 N–H and O–H groups in total. The van der Waals surface area contributed by atoms with E-state index in [0.717, 1.165) is 10.0 Å². The normalized spacial score (nSPS) is 10.8. The lowest BCUT2D eigenvalue weighted by Crippen LogP contribution is -2.37. The highest BCUT2D eigenvalue weighted by atomic mass is 79.9. The number of rotatable bonds is 6. The van der Waals surface area contributed by atoms with Gasteiger partial charge in [-0.15, -0.1) is 0 Å². The van der Waals surface area contributed by atoms with Crippen molar-refractivity contribution in [3.8, 4) is 0 Å². The molecule has 2 aromatic rings. The molecule has 2 aromatic carbocycles. The van der Waals surface area contributed by atoms with Crippen LogP contribution in [0.25, 0.3) is 0 Å². The Balaban J connectivity index is 1.84. The van der Waals surface area contributed by atoms with Gasteiger partial charge in [0.2, 0.25) is 5.91 Å². The number of benzene rings is 2. The van der Waals surface area contributed by atoms with Crippen molar-refractivity contribution in [1.29, 1.82) is 0 Å². The first-order valence-corrected chi connectivity index (χ1v) is 9.81. The van der Waals surface area contributed by atoms with Gasteiger partial charge in [-0.3, -0.25) is 9.59 Å². The van der Waals surface area contributed by atoms with Gasteiger partial charge in [-0.1, -0.05) is 28.1 Å². The molecule has 2 rings (SSSR count). The molecular weight excluding hydrogens is 438 g/mol. The summed E-state index contributed by atoms with van der Waals surface area (Å²) in [5.41, 5.74) is 1.32. The van der Waals surface area contributed by atoms with Crippen molar-refractivity contribution in [1.82, 2.24) is 10.6 Å². The molecule has 0 aliphatic heterocycles. The van der Waals surface area contributed by atoms with E-state index in [9.17, 15) is 14.4 Å². The van der Waals surface area contributed by atoms with Crippen LogP contribution in [0.4, 0.5) is 10.5 Å². The van der Waals surface area contributed by atoms with E-state index < -0.39 is 11.7 Å². The van der Waals surface area contributed by atoms with E-state index in [-0.39, 0.29) is 18.4 Å². The van der Waals surface area contributed by atoms with Gasteiger partial charge in [-0.05, 0) is 62.7 Å². The number of carbonyl (C=O) groups is 3. The Hall–Kier alpha value is -2.87. The third-order valence-electron chi connectivity index (χ3n) is 3.56. The number of alkyl carbamates (subject to hydrolysis) is 1. The van der Waals surface area contributed by atoms with Gasteiger partial charge in [-0.2, -0.15) is 0 Å². The van der Waals surface area contributed by atoms with Gasteiger partial charge in [0.25, 0.3) is 5.91 Å². The van der Waals surface area contributed by atoms with Crippen LogP contribution in [0.3, 0.4) is 0 Å². The highest BCUT2D eigenvalue weighted by Gasteiger charge is 2.16. The lowest BCUT2D eigenvalue weighted by Gasteiger charge is -2.19. The summed E-state index contributed by atoms with van der Waals surface area (Å²) in [7, 11) is 0. The Morgan fingerprint density at radius 1 is 1.00 bits per heavy atom. The van der Waals surface area contributed by atoms with Crippen LogP contribution in [0.15, 0.2) is 53.0 Å². The van der Waals surface area contributed by atoms with Crippen LogP contribution in [-0.4, -0.2) is 30.1 Å². The number of nitrogens with one attached hydrogen (secondary N) is 3. The predicted octanol–water partition coefficient (Wildman–Crippen LogP) is 3.84. The van der Waals surface area contributed by atoms with Crippen molar-refractivity contribution >= 4 is 39.5 Å². The Morgan fingerprint density at radius 3 is 2.34 bits per heavy atom. The lowest BCUT2D eigenvalue weighted by atomic mass is 10.1. The number of ether oxygens (including phenoxy) is 1. The Morgan fingerprint density at radius 2 is 1.69 bits per heavy atom.